The first-order valence-corrected chi connectivity index (χ1v) is 11.5. The van der Waals surface area contributed by atoms with E-state index in [1.54, 1.807) is 17.0 Å². The Morgan fingerprint density at radius 2 is 1.80 bits per heavy atom. The highest BCUT2D eigenvalue weighted by Gasteiger charge is 2.39. The van der Waals surface area contributed by atoms with E-state index in [1.807, 2.05) is 0 Å². The average molecular weight is 435 g/mol. The summed E-state index contributed by atoms with van der Waals surface area (Å²) in [5, 5.41) is 0. The highest BCUT2D eigenvalue weighted by Crippen LogP contribution is 2.35. The Hall–Kier alpha value is -2.52. The van der Waals surface area contributed by atoms with Crippen molar-refractivity contribution in [1.82, 2.24) is 9.21 Å². The van der Waals surface area contributed by atoms with Crippen LogP contribution in [0, 0.1) is 0 Å². The molecule has 4 rings (SSSR count). The van der Waals surface area contributed by atoms with Crippen LogP contribution in [-0.2, 0) is 14.8 Å². The molecule has 8 nitrogen and oxygen atoms in total. The Balaban J connectivity index is 1.53. The maximum Gasteiger partial charge on any atom is 0.414 e. The van der Waals surface area contributed by atoms with E-state index in [2.05, 4.69) is 12.2 Å². The SMILES string of the molecule is COc1ccc(OC)c(S(=O)(=O)N2CCC(N3C(=O)OCC4=CCCC=C43)CC2)c1. The lowest BCUT2D eigenvalue weighted by Gasteiger charge is -2.41. The van der Waals surface area contributed by atoms with Gasteiger partial charge in [0.15, 0.2) is 0 Å². The number of hydrogen-bond donors (Lipinski definition) is 0. The van der Waals surface area contributed by atoms with Crippen LogP contribution in [0.1, 0.15) is 25.7 Å². The zero-order valence-corrected chi connectivity index (χ0v) is 18.0. The van der Waals surface area contributed by atoms with Crippen LogP contribution in [0.4, 0.5) is 4.79 Å². The van der Waals surface area contributed by atoms with Gasteiger partial charge in [0, 0.05) is 36.5 Å². The van der Waals surface area contributed by atoms with Crippen molar-refractivity contribution in [3.63, 3.8) is 0 Å². The number of benzene rings is 1. The summed E-state index contributed by atoms with van der Waals surface area (Å²) >= 11 is 0. The predicted octanol–water partition coefficient (Wildman–Crippen LogP) is 2.91. The third-order valence-electron chi connectivity index (χ3n) is 5.81. The lowest BCUT2D eigenvalue weighted by atomic mass is 9.97. The number of amides is 1. The van der Waals surface area contributed by atoms with E-state index in [-0.39, 0.29) is 22.8 Å². The molecule has 2 fully saturated rings. The van der Waals surface area contributed by atoms with Gasteiger partial charge in [0.25, 0.3) is 0 Å². The number of hydrogen-bond acceptors (Lipinski definition) is 6. The van der Waals surface area contributed by atoms with E-state index in [4.69, 9.17) is 14.2 Å². The smallest absolute Gasteiger partial charge is 0.414 e. The molecule has 0 radical (unpaired) electrons. The summed E-state index contributed by atoms with van der Waals surface area (Å²) in [6, 6.07) is 4.64. The van der Waals surface area contributed by atoms with E-state index in [0.29, 0.717) is 38.3 Å². The van der Waals surface area contributed by atoms with Gasteiger partial charge >= 0.3 is 6.09 Å². The molecule has 2 heterocycles. The third-order valence-corrected chi connectivity index (χ3v) is 7.73. The van der Waals surface area contributed by atoms with Crippen molar-refractivity contribution < 1.29 is 27.4 Å². The summed E-state index contributed by atoms with van der Waals surface area (Å²) in [5.41, 5.74) is 1.96. The molecule has 0 N–H and O–H groups in total. The molecule has 0 aromatic heterocycles. The number of methoxy groups -OCH3 is 2. The summed E-state index contributed by atoms with van der Waals surface area (Å²) in [6.45, 7) is 0.928. The highest BCUT2D eigenvalue weighted by molar-refractivity contribution is 7.89. The molecule has 2 saturated heterocycles. The van der Waals surface area contributed by atoms with Crippen molar-refractivity contribution in [3.8, 4) is 11.5 Å². The summed E-state index contributed by atoms with van der Waals surface area (Å²) in [7, 11) is -0.828. The van der Waals surface area contributed by atoms with E-state index in [9.17, 15) is 13.2 Å². The van der Waals surface area contributed by atoms with Gasteiger partial charge < -0.3 is 14.2 Å². The van der Waals surface area contributed by atoms with Crippen molar-refractivity contribution in [2.45, 2.75) is 36.6 Å². The molecular weight excluding hydrogens is 408 g/mol. The number of rotatable bonds is 5. The van der Waals surface area contributed by atoms with Crippen molar-refractivity contribution in [1.29, 1.82) is 0 Å². The number of ether oxygens (including phenoxy) is 3. The Morgan fingerprint density at radius 3 is 2.50 bits per heavy atom. The molecule has 0 spiro atoms. The van der Waals surface area contributed by atoms with Gasteiger partial charge in [-0.25, -0.2) is 13.2 Å². The minimum atomic E-state index is -3.76. The molecule has 0 bridgehead atoms. The maximum absolute atomic E-state index is 13.3. The molecule has 3 aliphatic rings. The van der Waals surface area contributed by atoms with Crippen LogP contribution < -0.4 is 9.47 Å². The lowest BCUT2D eigenvalue weighted by molar-refractivity contribution is 0.0812. The average Bonchev–Trinajstić information content (AvgIpc) is 2.78. The zero-order chi connectivity index (χ0) is 21.3. The molecule has 1 aromatic rings. The van der Waals surface area contributed by atoms with Gasteiger partial charge in [0.05, 0.1) is 14.2 Å². The number of sulfonamides is 1. The van der Waals surface area contributed by atoms with Gasteiger partial charge in [-0.05, 0) is 37.8 Å². The molecular formula is C21H26N2O6S. The largest absolute Gasteiger partial charge is 0.497 e. The minimum Gasteiger partial charge on any atom is -0.497 e. The molecule has 1 aromatic carbocycles. The van der Waals surface area contributed by atoms with Crippen LogP contribution in [-0.4, -0.2) is 63.7 Å². The number of nitrogens with zero attached hydrogens (tertiary/aromatic N) is 2. The second kappa shape index (κ2) is 8.31. The molecule has 1 aliphatic carbocycles. The first-order chi connectivity index (χ1) is 14.5. The van der Waals surface area contributed by atoms with Crippen LogP contribution in [0.3, 0.4) is 0 Å². The molecule has 162 valence electrons. The summed E-state index contributed by atoms with van der Waals surface area (Å²) < 4.78 is 43.8. The molecule has 0 unspecified atom stereocenters. The fourth-order valence-corrected chi connectivity index (χ4v) is 5.86. The molecule has 9 heteroatoms. The third kappa shape index (κ3) is 3.67. The number of fused-ring (bicyclic) bond motifs is 1. The molecule has 1 amide bonds. The van der Waals surface area contributed by atoms with Crippen LogP contribution >= 0.6 is 0 Å². The summed E-state index contributed by atoms with van der Waals surface area (Å²) in [4.78, 5) is 14.3. The van der Waals surface area contributed by atoms with E-state index >= 15 is 0 Å². The zero-order valence-electron chi connectivity index (χ0n) is 17.2. The van der Waals surface area contributed by atoms with Crippen molar-refractivity contribution in [2.75, 3.05) is 33.9 Å². The van der Waals surface area contributed by atoms with Gasteiger partial charge in [-0.2, -0.15) is 4.31 Å². The topological polar surface area (TPSA) is 85.4 Å². The Bertz CT molecular complexity index is 993. The van der Waals surface area contributed by atoms with Crippen molar-refractivity contribution in [3.05, 3.63) is 41.6 Å². The standard InChI is InChI=1S/C21H26N2O6S/c1-27-17-7-8-19(28-2)20(13-17)30(25,26)22-11-9-16(10-12-22)23-18-6-4-3-5-15(18)14-29-21(23)24/h5-8,13,16H,3-4,9-12,14H2,1-2H3. The van der Waals surface area contributed by atoms with Crippen molar-refractivity contribution in [2.24, 2.45) is 0 Å². The second-order valence-corrected chi connectivity index (χ2v) is 9.38. The fraction of sp³-hybridized carbons (Fsp3) is 0.476. The Kier molecular flexibility index (Phi) is 5.75. The van der Waals surface area contributed by atoms with Crippen LogP contribution in [0.15, 0.2) is 46.5 Å². The normalized spacial score (nSPS) is 20.7. The van der Waals surface area contributed by atoms with Crippen LogP contribution in [0.5, 0.6) is 11.5 Å². The van der Waals surface area contributed by atoms with Gasteiger partial charge in [0.1, 0.15) is 23.0 Å². The number of piperidine rings is 1. The van der Waals surface area contributed by atoms with Crippen LogP contribution in [0.25, 0.3) is 0 Å². The predicted molar refractivity (Wildman–Crippen MR) is 110 cm³/mol. The highest BCUT2D eigenvalue weighted by atomic mass is 32.2. The quantitative estimate of drug-likeness (QED) is 0.708. The van der Waals surface area contributed by atoms with Crippen molar-refractivity contribution >= 4 is 16.1 Å². The Labute approximate surface area is 176 Å². The lowest BCUT2D eigenvalue weighted by Crippen LogP contribution is -2.50. The van der Waals surface area contributed by atoms with Crippen LogP contribution in [0.2, 0.25) is 0 Å². The van der Waals surface area contributed by atoms with Gasteiger partial charge in [-0.15, -0.1) is 0 Å². The molecule has 0 saturated carbocycles. The van der Waals surface area contributed by atoms with Gasteiger partial charge in [0.2, 0.25) is 10.0 Å². The second-order valence-electron chi connectivity index (χ2n) is 7.47. The fourth-order valence-electron chi connectivity index (χ4n) is 4.22. The first kappa shape index (κ1) is 20.7. The molecule has 0 atom stereocenters. The van der Waals surface area contributed by atoms with E-state index in [1.165, 1.54) is 24.6 Å². The Morgan fingerprint density at radius 1 is 1.07 bits per heavy atom. The maximum atomic E-state index is 13.3. The minimum absolute atomic E-state index is 0.0837. The number of allylic oxidation sites excluding steroid dienone is 2. The monoisotopic (exact) mass is 434 g/mol. The number of carbonyl (C=O) groups is 1. The van der Waals surface area contributed by atoms with Gasteiger partial charge in [-0.1, -0.05) is 12.2 Å². The number of carbonyl (C=O) groups excluding carboxylic acids is 1. The molecule has 30 heavy (non-hydrogen) atoms. The number of cyclic esters (lactones) is 1. The summed E-state index contributed by atoms with van der Waals surface area (Å²) in [5.74, 6) is 0.726. The van der Waals surface area contributed by atoms with Gasteiger partial charge in [-0.3, -0.25) is 4.90 Å². The van der Waals surface area contributed by atoms with E-state index < -0.39 is 10.0 Å². The summed E-state index contributed by atoms with van der Waals surface area (Å²) in [6.07, 6.45) is 6.75. The molecule has 2 aliphatic heterocycles. The first-order valence-electron chi connectivity index (χ1n) is 10.0. The van der Waals surface area contributed by atoms with E-state index in [0.717, 1.165) is 24.1 Å².